The van der Waals surface area contributed by atoms with E-state index >= 15 is 0 Å². The summed E-state index contributed by atoms with van der Waals surface area (Å²) in [5, 5.41) is 10.4. The van der Waals surface area contributed by atoms with Gasteiger partial charge in [-0.05, 0) is 29.1 Å². The van der Waals surface area contributed by atoms with Gasteiger partial charge in [-0.2, -0.15) is 0 Å². The third-order valence-corrected chi connectivity index (χ3v) is 3.09. The highest BCUT2D eigenvalue weighted by atomic mass is 32.1. The first-order valence-electron chi connectivity index (χ1n) is 4.95. The Morgan fingerprint density at radius 1 is 1.28 bits per heavy atom. The van der Waals surface area contributed by atoms with E-state index < -0.39 is 17.6 Å². The van der Waals surface area contributed by atoms with Crippen molar-refractivity contribution in [2.45, 2.75) is 6.61 Å². The molecule has 2 aromatic rings. The smallest absolute Gasteiger partial charge is 0.349 e. The van der Waals surface area contributed by atoms with E-state index in [-0.39, 0.29) is 17.2 Å². The molecule has 0 atom stereocenters. The normalized spacial score (nSPS) is 10.3. The van der Waals surface area contributed by atoms with Gasteiger partial charge in [-0.3, -0.25) is 0 Å². The lowest BCUT2D eigenvalue weighted by Crippen LogP contribution is -2.00. The van der Waals surface area contributed by atoms with Crippen LogP contribution in [0.1, 0.15) is 15.2 Å². The average Bonchev–Trinajstić information content (AvgIpc) is 2.79. The number of halogens is 2. The molecule has 0 spiro atoms. The lowest BCUT2D eigenvalue weighted by atomic mass is 10.2. The monoisotopic (exact) mass is 270 g/mol. The molecule has 0 unspecified atom stereocenters. The summed E-state index contributed by atoms with van der Waals surface area (Å²) in [5.41, 5.74) is 0.427. The Kier molecular flexibility index (Phi) is 3.57. The molecule has 1 heterocycles. The molecule has 0 aliphatic carbocycles. The summed E-state index contributed by atoms with van der Waals surface area (Å²) in [6.07, 6.45) is 0. The van der Waals surface area contributed by atoms with Crippen molar-refractivity contribution < 1.29 is 23.4 Å². The Balaban J connectivity index is 2.09. The number of carboxylic acid groups (broad SMARTS) is 1. The van der Waals surface area contributed by atoms with E-state index in [4.69, 9.17) is 9.84 Å². The van der Waals surface area contributed by atoms with Crippen molar-refractivity contribution in [3.63, 3.8) is 0 Å². The molecule has 0 fully saturated rings. The van der Waals surface area contributed by atoms with Crippen LogP contribution >= 0.6 is 11.3 Å². The van der Waals surface area contributed by atoms with E-state index in [1.807, 2.05) is 0 Å². The third kappa shape index (κ3) is 2.65. The van der Waals surface area contributed by atoms with Crippen LogP contribution in [0, 0.1) is 11.6 Å². The molecule has 94 valence electrons. The van der Waals surface area contributed by atoms with Crippen molar-refractivity contribution >= 4 is 17.3 Å². The molecule has 1 N–H and O–H groups in total. The van der Waals surface area contributed by atoms with Gasteiger partial charge in [0.1, 0.15) is 12.4 Å². The van der Waals surface area contributed by atoms with Crippen LogP contribution < -0.4 is 4.74 Å². The predicted molar refractivity (Wildman–Crippen MR) is 62.0 cm³/mol. The second kappa shape index (κ2) is 5.14. The second-order valence-electron chi connectivity index (χ2n) is 3.46. The molecule has 1 aromatic carbocycles. The molecule has 2 rings (SSSR count). The standard InChI is InChI=1S/C12H8F2O3S/c13-8-2-1-7(5-9(8)14)6-17-10-3-4-18-11(10)12(15)16/h1-5H,6H2,(H,15,16). The first kappa shape index (κ1) is 12.5. The molecule has 0 saturated heterocycles. The number of aromatic carboxylic acids is 1. The fourth-order valence-electron chi connectivity index (χ4n) is 1.36. The molecular weight excluding hydrogens is 262 g/mol. The molecule has 0 radical (unpaired) electrons. The van der Waals surface area contributed by atoms with Gasteiger partial charge in [0.15, 0.2) is 16.5 Å². The summed E-state index contributed by atoms with van der Waals surface area (Å²) in [7, 11) is 0. The summed E-state index contributed by atoms with van der Waals surface area (Å²) in [4.78, 5) is 10.9. The number of carboxylic acids is 1. The topological polar surface area (TPSA) is 46.5 Å². The molecule has 6 heteroatoms. The molecule has 0 aliphatic rings. The maximum Gasteiger partial charge on any atom is 0.349 e. The fourth-order valence-corrected chi connectivity index (χ4v) is 2.03. The van der Waals surface area contributed by atoms with Gasteiger partial charge in [-0.15, -0.1) is 11.3 Å². The van der Waals surface area contributed by atoms with E-state index in [9.17, 15) is 13.6 Å². The maximum absolute atomic E-state index is 12.9. The molecule has 0 aliphatic heterocycles. The Bertz CT molecular complexity index is 580. The minimum absolute atomic E-state index is 0.0196. The lowest BCUT2D eigenvalue weighted by Gasteiger charge is -2.05. The van der Waals surface area contributed by atoms with Crippen LogP contribution in [-0.2, 0) is 6.61 Å². The summed E-state index contributed by atoms with van der Waals surface area (Å²) < 4.78 is 30.9. The molecule has 18 heavy (non-hydrogen) atoms. The van der Waals surface area contributed by atoms with Crippen LogP contribution in [0.15, 0.2) is 29.6 Å². The van der Waals surface area contributed by atoms with Crippen molar-refractivity contribution in [3.05, 3.63) is 51.7 Å². The summed E-state index contributed by atoms with van der Waals surface area (Å²) in [6.45, 7) is -0.0196. The molecule has 0 saturated carbocycles. The van der Waals surface area contributed by atoms with Crippen LogP contribution in [0.4, 0.5) is 8.78 Å². The molecule has 3 nitrogen and oxygen atoms in total. The zero-order chi connectivity index (χ0) is 13.1. The Labute approximate surface area is 105 Å². The van der Waals surface area contributed by atoms with Crippen molar-refractivity contribution in [1.82, 2.24) is 0 Å². The fraction of sp³-hybridized carbons (Fsp3) is 0.0833. The first-order valence-corrected chi connectivity index (χ1v) is 5.83. The number of rotatable bonds is 4. The van der Waals surface area contributed by atoms with Crippen molar-refractivity contribution in [3.8, 4) is 5.75 Å². The van der Waals surface area contributed by atoms with Crippen LogP contribution in [0.5, 0.6) is 5.75 Å². The van der Waals surface area contributed by atoms with Gasteiger partial charge in [0.05, 0.1) is 0 Å². The SMILES string of the molecule is O=C(O)c1sccc1OCc1ccc(F)c(F)c1. The highest BCUT2D eigenvalue weighted by Crippen LogP contribution is 2.25. The predicted octanol–water partition coefficient (Wildman–Crippen LogP) is 3.30. The number of carbonyl (C=O) groups is 1. The number of benzene rings is 1. The van der Waals surface area contributed by atoms with Gasteiger partial charge in [-0.25, -0.2) is 13.6 Å². The molecule has 0 amide bonds. The van der Waals surface area contributed by atoms with Crippen molar-refractivity contribution in [2.24, 2.45) is 0 Å². The van der Waals surface area contributed by atoms with E-state index in [2.05, 4.69) is 0 Å². The van der Waals surface area contributed by atoms with Crippen LogP contribution in [0.25, 0.3) is 0 Å². The zero-order valence-corrected chi connectivity index (χ0v) is 9.84. The van der Waals surface area contributed by atoms with Crippen molar-refractivity contribution in [2.75, 3.05) is 0 Å². The number of hydrogen-bond donors (Lipinski definition) is 1. The van der Waals surface area contributed by atoms with Gasteiger partial charge in [-0.1, -0.05) is 6.07 Å². The Hall–Kier alpha value is -1.95. The van der Waals surface area contributed by atoms with Crippen LogP contribution in [-0.4, -0.2) is 11.1 Å². The molecule has 0 bridgehead atoms. The summed E-state index contributed by atoms with van der Waals surface area (Å²) >= 11 is 1.04. The van der Waals surface area contributed by atoms with E-state index in [0.29, 0.717) is 5.56 Å². The van der Waals surface area contributed by atoms with E-state index in [0.717, 1.165) is 23.5 Å². The first-order chi connectivity index (χ1) is 8.58. The van der Waals surface area contributed by atoms with E-state index in [1.54, 1.807) is 5.38 Å². The Morgan fingerprint density at radius 2 is 2.06 bits per heavy atom. The summed E-state index contributed by atoms with van der Waals surface area (Å²) in [6, 6.07) is 4.92. The van der Waals surface area contributed by atoms with Gasteiger partial charge >= 0.3 is 5.97 Å². The third-order valence-electron chi connectivity index (χ3n) is 2.20. The quantitative estimate of drug-likeness (QED) is 0.927. The summed E-state index contributed by atoms with van der Waals surface area (Å²) in [5.74, 6) is -2.75. The molecular formula is C12H8F2O3S. The second-order valence-corrected chi connectivity index (χ2v) is 4.37. The Morgan fingerprint density at radius 3 is 2.72 bits per heavy atom. The largest absolute Gasteiger partial charge is 0.487 e. The number of ether oxygens (including phenoxy) is 1. The highest BCUT2D eigenvalue weighted by Gasteiger charge is 2.13. The van der Waals surface area contributed by atoms with Gasteiger partial charge in [0.25, 0.3) is 0 Å². The van der Waals surface area contributed by atoms with Gasteiger partial charge in [0, 0.05) is 0 Å². The minimum atomic E-state index is -1.08. The van der Waals surface area contributed by atoms with Gasteiger partial charge in [0.2, 0.25) is 0 Å². The van der Waals surface area contributed by atoms with Gasteiger partial charge < -0.3 is 9.84 Å². The number of hydrogen-bond acceptors (Lipinski definition) is 3. The highest BCUT2D eigenvalue weighted by molar-refractivity contribution is 7.12. The lowest BCUT2D eigenvalue weighted by molar-refractivity contribution is 0.0697. The zero-order valence-electron chi connectivity index (χ0n) is 9.02. The number of thiophene rings is 1. The van der Waals surface area contributed by atoms with Crippen molar-refractivity contribution in [1.29, 1.82) is 0 Å². The van der Waals surface area contributed by atoms with Crippen LogP contribution in [0.2, 0.25) is 0 Å². The minimum Gasteiger partial charge on any atom is -0.487 e. The molecule has 1 aromatic heterocycles. The van der Waals surface area contributed by atoms with Crippen LogP contribution in [0.3, 0.4) is 0 Å². The van der Waals surface area contributed by atoms with E-state index in [1.165, 1.54) is 12.1 Å². The maximum atomic E-state index is 12.9. The average molecular weight is 270 g/mol.